The first-order chi connectivity index (χ1) is 11.4. The number of hydrogen-bond donors (Lipinski definition) is 1. The van der Waals surface area contributed by atoms with Crippen molar-refractivity contribution in [3.8, 4) is 5.75 Å². The zero-order valence-corrected chi connectivity index (χ0v) is 13.1. The summed E-state index contributed by atoms with van der Waals surface area (Å²) in [5.41, 5.74) is 0.860. The van der Waals surface area contributed by atoms with Crippen molar-refractivity contribution >= 4 is 5.91 Å². The Morgan fingerprint density at radius 1 is 1.29 bits per heavy atom. The standard InChI is InChI=1S/C17H20F3NO3/c18-17(19,20)24-13-5-3-12(4-6-13)14-8-15(14)16(23)21-7-1-2-11(9-21)10-22/h3-6,11,14-15,22H,1-2,7-10H2. The molecule has 2 aliphatic rings. The maximum Gasteiger partial charge on any atom is 0.573 e. The van der Waals surface area contributed by atoms with Gasteiger partial charge in [0.05, 0.1) is 0 Å². The lowest BCUT2D eigenvalue weighted by atomic mass is 9.98. The van der Waals surface area contributed by atoms with E-state index in [0.29, 0.717) is 6.54 Å². The fraction of sp³-hybridized carbons (Fsp3) is 0.588. The molecular formula is C17H20F3NO3. The van der Waals surface area contributed by atoms with Gasteiger partial charge in [0.15, 0.2) is 0 Å². The van der Waals surface area contributed by atoms with Crippen molar-refractivity contribution in [3.63, 3.8) is 0 Å². The molecular weight excluding hydrogens is 323 g/mol. The van der Waals surface area contributed by atoms with Crippen LogP contribution in [0.3, 0.4) is 0 Å². The van der Waals surface area contributed by atoms with Gasteiger partial charge in [-0.3, -0.25) is 4.79 Å². The third-order valence-corrected chi connectivity index (χ3v) is 4.74. The molecule has 1 heterocycles. The predicted octanol–water partition coefficient (Wildman–Crippen LogP) is 2.92. The number of amides is 1. The van der Waals surface area contributed by atoms with Gasteiger partial charge < -0.3 is 14.7 Å². The Morgan fingerprint density at radius 3 is 2.62 bits per heavy atom. The van der Waals surface area contributed by atoms with Gasteiger partial charge in [0.1, 0.15) is 5.75 Å². The molecule has 3 unspecified atom stereocenters. The van der Waals surface area contributed by atoms with Crippen LogP contribution in [-0.4, -0.2) is 42.0 Å². The van der Waals surface area contributed by atoms with Gasteiger partial charge in [-0.05, 0) is 48.8 Å². The minimum atomic E-state index is -4.70. The summed E-state index contributed by atoms with van der Waals surface area (Å²) in [5.74, 6) is -0.0483. The summed E-state index contributed by atoms with van der Waals surface area (Å²) in [7, 11) is 0. The Labute approximate surface area is 138 Å². The van der Waals surface area contributed by atoms with E-state index in [-0.39, 0.29) is 36.0 Å². The van der Waals surface area contributed by atoms with Crippen molar-refractivity contribution in [3.05, 3.63) is 29.8 Å². The molecule has 3 rings (SSSR count). The van der Waals surface area contributed by atoms with Crippen LogP contribution in [-0.2, 0) is 4.79 Å². The summed E-state index contributed by atoms with van der Waals surface area (Å²) in [6.45, 7) is 1.41. The number of aliphatic hydroxyl groups excluding tert-OH is 1. The molecule has 4 nitrogen and oxygen atoms in total. The molecule has 1 aliphatic heterocycles. The maximum atomic E-state index is 12.5. The van der Waals surface area contributed by atoms with Gasteiger partial charge in [-0.2, -0.15) is 0 Å². The molecule has 1 saturated carbocycles. The molecule has 0 bridgehead atoms. The quantitative estimate of drug-likeness (QED) is 0.915. The summed E-state index contributed by atoms with van der Waals surface area (Å²) < 4.78 is 40.3. The number of ether oxygens (including phenoxy) is 1. The molecule has 1 aromatic carbocycles. The lowest BCUT2D eigenvalue weighted by molar-refractivity contribution is -0.274. The Balaban J connectivity index is 1.57. The van der Waals surface area contributed by atoms with E-state index in [2.05, 4.69) is 4.74 Å². The number of nitrogens with zero attached hydrogens (tertiary/aromatic N) is 1. The lowest BCUT2D eigenvalue weighted by Gasteiger charge is -2.32. The number of rotatable bonds is 4. The SMILES string of the molecule is O=C(C1CC1c1ccc(OC(F)(F)F)cc1)N1CCCC(CO)C1. The number of carbonyl (C=O) groups is 1. The fourth-order valence-corrected chi connectivity index (χ4v) is 3.40. The van der Waals surface area contributed by atoms with Crippen LogP contribution in [0.4, 0.5) is 13.2 Å². The lowest BCUT2D eigenvalue weighted by Crippen LogP contribution is -2.41. The monoisotopic (exact) mass is 343 g/mol. The van der Waals surface area contributed by atoms with E-state index in [1.165, 1.54) is 12.1 Å². The van der Waals surface area contributed by atoms with E-state index in [0.717, 1.165) is 31.4 Å². The summed E-state index contributed by atoms with van der Waals surface area (Å²) in [4.78, 5) is 14.3. The van der Waals surface area contributed by atoms with Crippen molar-refractivity contribution in [2.24, 2.45) is 11.8 Å². The second kappa shape index (κ2) is 6.63. The first-order valence-electron chi connectivity index (χ1n) is 8.12. The Bertz CT molecular complexity index is 588. The first kappa shape index (κ1) is 17.1. The molecule has 7 heteroatoms. The minimum Gasteiger partial charge on any atom is -0.406 e. The summed E-state index contributed by atoms with van der Waals surface area (Å²) in [6.07, 6.45) is -2.14. The molecule has 0 aromatic heterocycles. The molecule has 1 saturated heterocycles. The number of hydrogen-bond acceptors (Lipinski definition) is 3. The topological polar surface area (TPSA) is 49.8 Å². The smallest absolute Gasteiger partial charge is 0.406 e. The zero-order valence-electron chi connectivity index (χ0n) is 13.1. The second-order valence-electron chi connectivity index (χ2n) is 6.54. The number of alkyl halides is 3. The Morgan fingerprint density at radius 2 is 2.00 bits per heavy atom. The number of likely N-dealkylation sites (tertiary alicyclic amines) is 1. The van der Waals surface area contributed by atoms with Crippen molar-refractivity contribution in [1.82, 2.24) is 4.90 Å². The Kier molecular flexibility index (Phi) is 4.71. The second-order valence-corrected chi connectivity index (χ2v) is 6.54. The summed E-state index contributed by atoms with van der Waals surface area (Å²) in [6, 6.07) is 5.74. The van der Waals surface area contributed by atoms with Gasteiger partial charge in [-0.1, -0.05) is 12.1 Å². The van der Waals surface area contributed by atoms with Crippen molar-refractivity contribution in [1.29, 1.82) is 0 Å². The number of carbonyl (C=O) groups excluding carboxylic acids is 1. The predicted molar refractivity (Wildman–Crippen MR) is 80.4 cm³/mol. The average molecular weight is 343 g/mol. The summed E-state index contributed by atoms with van der Waals surface area (Å²) in [5, 5.41) is 9.25. The van der Waals surface area contributed by atoms with Gasteiger partial charge in [0.2, 0.25) is 5.91 Å². The molecule has 1 aromatic rings. The zero-order chi connectivity index (χ0) is 17.3. The highest BCUT2D eigenvalue weighted by Crippen LogP contribution is 2.49. The van der Waals surface area contributed by atoms with Crippen LogP contribution in [0.15, 0.2) is 24.3 Å². The normalized spacial score (nSPS) is 27.0. The van der Waals surface area contributed by atoms with Gasteiger partial charge in [-0.25, -0.2) is 0 Å². The number of benzene rings is 1. The molecule has 2 fully saturated rings. The van der Waals surface area contributed by atoms with Crippen molar-refractivity contribution in [2.75, 3.05) is 19.7 Å². The van der Waals surface area contributed by atoms with Gasteiger partial charge >= 0.3 is 6.36 Å². The molecule has 0 spiro atoms. The molecule has 1 amide bonds. The highest BCUT2D eigenvalue weighted by molar-refractivity contribution is 5.83. The summed E-state index contributed by atoms with van der Waals surface area (Å²) >= 11 is 0. The van der Waals surface area contributed by atoms with E-state index in [9.17, 15) is 23.1 Å². The van der Waals surface area contributed by atoms with Crippen LogP contribution < -0.4 is 4.74 Å². The highest BCUT2D eigenvalue weighted by atomic mass is 19.4. The van der Waals surface area contributed by atoms with E-state index >= 15 is 0 Å². The third kappa shape index (κ3) is 4.01. The van der Waals surface area contributed by atoms with Crippen LogP contribution in [0.25, 0.3) is 0 Å². The molecule has 3 atom stereocenters. The van der Waals surface area contributed by atoms with E-state index in [1.54, 1.807) is 12.1 Å². The minimum absolute atomic E-state index is 0.0620. The number of halogens is 3. The van der Waals surface area contributed by atoms with Crippen LogP contribution in [0.2, 0.25) is 0 Å². The fourth-order valence-electron chi connectivity index (χ4n) is 3.40. The van der Waals surface area contributed by atoms with Crippen LogP contribution in [0, 0.1) is 11.8 Å². The van der Waals surface area contributed by atoms with E-state index in [1.807, 2.05) is 4.90 Å². The van der Waals surface area contributed by atoms with E-state index in [4.69, 9.17) is 0 Å². The molecule has 0 radical (unpaired) electrons. The molecule has 132 valence electrons. The average Bonchev–Trinajstić information content (AvgIpc) is 3.34. The van der Waals surface area contributed by atoms with Crippen molar-refractivity contribution < 1.29 is 27.8 Å². The number of aliphatic hydroxyl groups is 1. The maximum absolute atomic E-state index is 12.5. The largest absolute Gasteiger partial charge is 0.573 e. The number of piperidine rings is 1. The molecule has 24 heavy (non-hydrogen) atoms. The van der Waals surface area contributed by atoms with Crippen molar-refractivity contribution in [2.45, 2.75) is 31.5 Å². The van der Waals surface area contributed by atoms with Gasteiger partial charge in [0.25, 0.3) is 0 Å². The van der Waals surface area contributed by atoms with Gasteiger partial charge in [-0.15, -0.1) is 13.2 Å². The van der Waals surface area contributed by atoms with Crippen LogP contribution in [0.5, 0.6) is 5.75 Å². The highest BCUT2D eigenvalue weighted by Gasteiger charge is 2.46. The van der Waals surface area contributed by atoms with Gasteiger partial charge in [0, 0.05) is 25.6 Å². The molecule has 1 aliphatic carbocycles. The van der Waals surface area contributed by atoms with Crippen LogP contribution >= 0.6 is 0 Å². The third-order valence-electron chi connectivity index (χ3n) is 4.74. The Hall–Kier alpha value is -1.76. The van der Waals surface area contributed by atoms with Crippen LogP contribution in [0.1, 0.15) is 30.7 Å². The molecule has 1 N–H and O–H groups in total. The first-order valence-corrected chi connectivity index (χ1v) is 8.12. The van der Waals surface area contributed by atoms with E-state index < -0.39 is 6.36 Å².